The van der Waals surface area contributed by atoms with Gasteiger partial charge in [0.1, 0.15) is 0 Å². The van der Waals surface area contributed by atoms with Crippen molar-refractivity contribution < 1.29 is 0 Å². The topological polar surface area (TPSA) is 50.9 Å². The third kappa shape index (κ3) is 2.58. The second-order valence-electron chi connectivity index (χ2n) is 5.87. The molecule has 1 unspecified atom stereocenters. The summed E-state index contributed by atoms with van der Waals surface area (Å²) in [6.45, 7) is 10.8. The summed E-state index contributed by atoms with van der Waals surface area (Å²) in [4.78, 5) is 4.51. The molecule has 3 N–H and O–H groups in total. The number of nitrogens with two attached hydrogens (primary N) is 1. The first-order chi connectivity index (χ1) is 8.27. The largest absolute Gasteiger partial charge is 0.397 e. The van der Waals surface area contributed by atoms with Crippen LogP contribution in [-0.4, -0.2) is 11.0 Å². The Bertz CT molecular complexity index is 566. The molecule has 1 aromatic heterocycles. The predicted molar refractivity (Wildman–Crippen MR) is 81.3 cm³/mol. The van der Waals surface area contributed by atoms with Gasteiger partial charge in [0.2, 0.25) is 0 Å². The van der Waals surface area contributed by atoms with Crippen molar-refractivity contribution >= 4 is 32.9 Å². The zero-order valence-electron chi connectivity index (χ0n) is 11.7. The SMILES string of the molecule is Cc1nc2cc(NC(C)C(C)(C)C)c(N)cc2s1. The van der Waals surface area contributed by atoms with Crippen molar-refractivity contribution in [2.75, 3.05) is 11.1 Å². The summed E-state index contributed by atoms with van der Waals surface area (Å²) in [5.41, 5.74) is 9.10. The third-order valence-electron chi connectivity index (χ3n) is 3.34. The Morgan fingerprint density at radius 1 is 1.33 bits per heavy atom. The Morgan fingerprint density at radius 3 is 2.61 bits per heavy atom. The zero-order chi connectivity index (χ0) is 13.5. The van der Waals surface area contributed by atoms with Crippen molar-refractivity contribution in [3.05, 3.63) is 17.1 Å². The molecule has 18 heavy (non-hydrogen) atoms. The maximum atomic E-state index is 6.10. The molecule has 0 aliphatic carbocycles. The minimum atomic E-state index is 0.194. The van der Waals surface area contributed by atoms with Gasteiger partial charge in [0.25, 0.3) is 0 Å². The zero-order valence-corrected chi connectivity index (χ0v) is 12.5. The molecular formula is C14H21N3S. The van der Waals surface area contributed by atoms with Gasteiger partial charge in [-0.15, -0.1) is 11.3 Å². The third-order valence-corrected chi connectivity index (χ3v) is 4.27. The van der Waals surface area contributed by atoms with Crippen molar-refractivity contribution in [2.45, 2.75) is 40.7 Å². The molecule has 0 radical (unpaired) electrons. The van der Waals surface area contributed by atoms with Crippen LogP contribution in [0.4, 0.5) is 11.4 Å². The molecule has 0 saturated carbocycles. The summed E-state index contributed by atoms with van der Waals surface area (Å²) in [7, 11) is 0. The fraction of sp³-hybridized carbons (Fsp3) is 0.500. The molecule has 0 fully saturated rings. The van der Waals surface area contributed by atoms with E-state index in [4.69, 9.17) is 5.73 Å². The van der Waals surface area contributed by atoms with Crippen LogP contribution in [-0.2, 0) is 0 Å². The van der Waals surface area contributed by atoms with Gasteiger partial charge >= 0.3 is 0 Å². The molecule has 1 atom stereocenters. The van der Waals surface area contributed by atoms with Crippen molar-refractivity contribution in [1.82, 2.24) is 4.98 Å². The first-order valence-electron chi connectivity index (χ1n) is 6.20. The van der Waals surface area contributed by atoms with Crippen LogP contribution >= 0.6 is 11.3 Å². The fourth-order valence-corrected chi connectivity index (χ4v) is 2.54. The summed E-state index contributed by atoms with van der Waals surface area (Å²) >= 11 is 1.68. The number of aryl methyl sites for hydroxylation is 1. The Morgan fingerprint density at radius 2 is 2.00 bits per heavy atom. The van der Waals surface area contributed by atoms with Gasteiger partial charge < -0.3 is 11.1 Å². The number of thiazole rings is 1. The van der Waals surface area contributed by atoms with Crippen molar-refractivity contribution in [1.29, 1.82) is 0 Å². The van der Waals surface area contributed by atoms with E-state index in [1.54, 1.807) is 11.3 Å². The summed E-state index contributed by atoms with van der Waals surface area (Å²) < 4.78 is 1.15. The number of hydrogen-bond acceptors (Lipinski definition) is 4. The number of hydrogen-bond donors (Lipinski definition) is 2. The van der Waals surface area contributed by atoms with Gasteiger partial charge in [-0.1, -0.05) is 20.8 Å². The standard InChI is InChI=1S/C14H21N3S/c1-8(14(3,4)5)16-11-7-12-13(6-10(11)15)18-9(2)17-12/h6-8,16H,15H2,1-5H3. The van der Waals surface area contributed by atoms with E-state index in [-0.39, 0.29) is 5.41 Å². The number of aromatic nitrogens is 1. The average Bonchev–Trinajstić information content (AvgIpc) is 2.56. The molecule has 0 aliphatic rings. The van der Waals surface area contributed by atoms with Gasteiger partial charge in [-0.3, -0.25) is 0 Å². The lowest BCUT2D eigenvalue weighted by atomic mass is 9.88. The maximum Gasteiger partial charge on any atom is 0.0907 e. The molecule has 3 nitrogen and oxygen atoms in total. The summed E-state index contributed by atoms with van der Waals surface area (Å²) in [6, 6.07) is 4.41. The number of nitrogens with one attached hydrogen (secondary N) is 1. The highest BCUT2D eigenvalue weighted by molar-refractivity contribution is 7.18. The maximum absolute atomic E-state index is 6.10. The molecule has 0 saturated heterocycles. The van der Waals surface area contributed by atoms with Gasteiger partial charge in [0.05, 0.1) is 26.6 Å². The van der Waals surface area contributed by atoms with Crippen LogP contribution in [0.25, 0.3) is 10.2 Å². The van der Waals surface area contributed by atoms with Gasteiger partial charge in [-0.25, -0.2) is 4.98 Å². The van der Waals surface area contributed by atoms with Crippen LogP contribution in [0.15, 0.2) is 12.1 Å². The van der Waals surface area contributed by atoms with Gasteiger partial charge in [-0.2, -0.15) is 0 Å². The lowest BCUT2D eigenvalue weighted by Gasteiger charge is -2.29. The van der Waals surface area contributed by atoms with Crippen LogP contribution < -0.4 is 11.1 Å². The van der Waals surface area contributed by atoms with E-state index in [1.165, 1.54) is 0 Å². The molecule has 0 spiro atoms. The quantitative estimate of drug-likeness (QED) is 0.804. The highest BCUT2D eigenvalue weighted by Crippen LogP contribution is 2.32. The molecular weight excluding hydrogens is 242 g/mol. The van der Waals surface area contributed by atoms with Gasteiger partial charge in [0, 0.05) is 6.04 Å². The Labute approximate surface area is 112 Å². The summed E-state index contributed by atoms with van der Waals surface area (Å²) in [5.74, 6) is 0. The first-order valence-corrected chi connectivity index (χ1v) is 7.02. The molecule has 2 aromatic rings. The fourth-order valence-electron chi connectivity index (χ4n) is 1.68. The lowest BCUT2D eigenvalue weighted by Crippen LogP contribution is -2.31. The van der Waals surface area contributed by atoms with E-state index in [0.717, 1.165) is 26.6 Å². The van der Waals surface area contributed by atoms with Crippen LogP contribution in [0.2, 0.25) is 0 Å². The van der Waals surface area contributed by atoms with Crippen molar-refractivity contribution in [3.8, 4) is 0 Å². The predicted octanol–water partition coefficient (Wildman–Crippen LogP) is 4.03. The van der Waals surface area contributed by atoms with Crippen molar-refractivity contribution in [3.63, 3.8) is 0 Å². The Hall–Kier alpha value is -1.29. The first kappa shape index (κ1) is 13.1. The van der Waals surface area contributed by atoms with E-state index < -0.39 is 0 Å². The van der Waals surface area contributed by atoms with E-state index in [1.807, 2.05) is 13.0 Å². The second kappa shape index (κ2) is 4.43. The number of anilines is 2. The molecule has 1 aromatic carbocycles. The molecule has 2 rings (SSSR count). The second-order valence-corrected chi connectivity index (χ2v) is 7.11. The minimum absolute atomic E-state index is 0.194. The normalized spacial score (nSPS) is 13.8. The molecule has 4 heteroatoms. The van der Waals surface area contributed by atoms with E-state index >= 15 is 0 Å². The molecule has 1 heterocycles. The number of rotatable bonds is 2. The van der Waals surface area contributed by atoms with E-state index in [2.05, 4.69) is 44.1 Å². The van der Waals surface area contributed by atoms with Gasteiger partial charge in [0.15, 0.2) is 0 Å². The van der Waals surface area contributed by atoms with Gasteiger partial charge in [-0.05, 0) is 31.4 Å². The smallest absolute Gasteiger partial charge is 0.0907 e. The van der Waals surface area contributed by atoms with Crippen LogP contribution in [0, 0.1) is 12.3 Å². The Balaban J connectivity index is 2.36. The molecule has 0 bridgehead atoms. The number of nitrogen functional groups attached to an aromatic ring is 1. The molecule has 0 aliphatic heterocycles. The highest BCUT2D eigenvalue weighted by atomic mass is 32.1. The number of benzene rings is 1. The molecule has 98 valence electrons. The van der Waals surface area contributed by atoms with Crippen LogP contribution in [0.3, 0.4) is 0 Å². The average molecular weight is 263 g/mol. The van der Waals surface area contributed by atoms with E-state index in [9.17, 15) is 0 Å². The lowest BCUT2D eigenvalue weighted by molar-refractivity contribution is 0.359. The van der Waals surface area contributed by atoms with E-state index in [0.29, 0.717) is 6.04 Å². The highest BCUT2D eigenvalue weighted by Gasteiger charge is 2.20. The minimum Gasteiger partial charge on any atom is -0.397 e. The number of nitrogens with zero attached hydrogens (tertiary/aromatic N) is 1. The van der Waals surface area contributed by atoms with Crippen LogP contribution in [0.1, 0.15) is 32.7 Å². The monoisotopic (exact) mass is 263 g/mol. The van der Waals surface area contributed by atoms with Crippen LogP contribution in [0.5, 0.6) is 0 Å². The van der Waals surface area contributed by atoms with Crippen molar-refractivity contribution in [2.24, 2.45) is 5.41 Å². The number of fused-ring (bicyclic) bond motifs is 1. The summed E-state index contributed by atoms with van der Waals surface area (Å²) in [5, 5.41) is 4.57. The summed E-state index contributed by atoms with van der Waals surface area (Å²) in [6.07, 6.45) is 0. The molecule has 0 amide bonds. The Kier molecular flexibility index (Phi) is 3.23.